The van der Waals surface area contributed by atoms with Gasteiger partial charge in [-0.05, 0) is 24.5 Å². The van der Waals surface area contributed by atoms with Gasteiger partial charge in [0.15, 0.2) is 0 Å². The zero-order valence-corrected chi connectivity index (χ0v) is 11.9. The molecule has 0 saturated carbocycles. The van der Waals surface area contributed by atoms with Crippen molar-refractivity contribution in [1.29, 1.82) is 0 Å². The summed E-state index contributed by atoms with van der Waals surface area (Å²) in [5, 5.41) is 10.3. The predicted octanol–water partition coefficient (Wildman–Crippen LogP) is 1.61. The summed E-state index contributed by atoms with van der Waals surface area (Å²) in [6.45, 7) is 5.26. The molecule has 1 atom stereocenters. The van der Waals surface area contributed by atoms with Crippen LogP contribution in [0.2, 0.25) is 0 Å². The Morgan fingerprint density at radius 3 is 2.80 bits per heavy atom. The molecular formula is C16H21N3O. The number of aliphatic hydroxyl groups excluding tert-OH is 1. The maximum Gasteiger partial charge on any atom is 0.105 e. The van der Waals surface area contributed by atoms with Crippen molar-refractivity contribution in [2.24, 2.45) is 0 Å². The fourth-order valence-corrected chi connectivity index (χ4v) is 2.89. The van der Waals surface area contributed by atoms with Crippen LogP contribution in [0.1, 0.15) is 17.0 Å². The number of aryl methyl sites for hydroxylation is 1. The molecule has 1 aromatic carbocycles. The number of hydrogen-bond acceptors (Lipinski definition) is 3. The monoisotopic (exact) mass is 271 g/mol. The first kappa shape index (κ1) is 13.3. The van der Waals surface area contributed by atoms with Gasteiger partial charge < -0.3 is 9.67 Å². The van der Waals surface area contributed by atoms with Crippen molar-refractivity contribution < 1.29 is 5.11 Å². The first-order valence-electron chi connectivity index (χ1n) is 7.17. The van der Waals surface area contributed by atoms with Crippen LogP contribution in [-0.4, -0.2) is 38.8 Å². The quantitative estimate of drug-likeness (QED) is 0.918. The molecule has 0 saturated heterocycles. The van der Waals surface area contributed by atoms with Gasteiger partial charge in [-0.15, -0.1) is 0 Å². The average molecular weight is 271 g/mol. The number of β-amino-alcohol motifs (C(OH)–C–C–N with tert-alkyl or cyclic N) is 1. The minimum absolute atomic E-state index is 0.354. The molecule has 0 bridgehead atoms. The van der Waals surface area contributed by atoms with Crippen molar-refractivity contribution in [3.63, 3.8) is 0 Å². The van der Waals surface area contributed by atoms with E-state index >= 15 is 0 Å². The molecule has 0 radical (unpaired) electrons. The van der Waals surface area contributed by atoms with Crippen molar-refractivity contribution >= 4 is 0 Å². The van der Waals surface area contributed by atoms with E-state index in [4.69, 9.17) is 0 Å². The van der Waals surface area contributed by atoms with Crippen LogP contribution in [0.3, 0.4) is 0 Å². The SMILES string of the molecule is Cc1nccn1CC(O)CN1CCc2ccccc2C1. The van der Waals surface area contributed by atoms with Crippen LogP contribution >= 0.6 is 0 Å². The number of hydrogen-bond donors (Lipinski definition) is 1. The molecule has 106 valence electrons. The second-order valence-corrected chi connectivity index (χ2v) is 5.53. The molecule has 1 N–H and O–H groups in total. The Hall–Kier alpha value is -1.65. The molecule has 0 amide bonds. The lowest BCUT2D eigenvalue weighted by atomic mass is 10.00. The van der Waals surface area contributed by atoms with E-state index in [2.05, 4.69) is 34.1 Å². The first-order chi connectivity index (χ1) is 9.72. The highest BCUT2D eigenvalue weighted by Crippen LogP contribution is 2.18. The van der Waals surface area contributed by atoms with Crippen LogP contribution in [0.25, 0.3) is 0 Å². The minimum atomic E-state index is -0.354. The van der Waals surface area contributed by atoms with Crippen molar-refractivity contribution in [3.8, 4) is 0 Å². The Balaban J connectivity index is 1.58. The Labute approximate surface area is 119 Å². The highest BCUT2D eigenvalue weighted by molar-refractivity contribution is 5.29. The van der Waals surface area contributed by atoms with E-state index in [1.54, 1.807) is 6.20 Å². The van der Waals surface area contributed by atoms with Crippen LogP contribution in [0.4, 0.5) is 0 Å². The van der Waals surface area contributed by atoms with Crippen LogP contribution in [-0.2, 0) is 19.5 Å². The van der Waals surface area contributed by atoms with Crippen molar-refractivity contribution in [1.82, 2.24) is 14.5 Å². The van der Waals surface area contributed by atoms with Crippen molar-refractivity contribution in [2.45, 2.75) is 32.5 Å². The fourth-order valence-electron chi connectivity index (χ4n) is 2.89. The maximum atomic E-state index is 10.3. The topological polar surface area (TPSA) is 41.3 Å². The number of rotatable bonds is 4. The molecule has 4 heteroatoms. The summed E-state index contributed by atoms with van der Waals surface area (Å²) in [7, 11) is 0. The van der Waals surface area contributed by atoms with E-state index in [0.29, 0.717) is 13.1 Å². The summed E-state index contributed by atoms with van der Waals surface area (Å²) in [6.07, 6.45) is 4.42. The molecule has 4 nitrogen and oxygen atoms in total. The lowest BCUT2D eigenvalue weighted by Gasteiger charge is -2.30. The minimum Gasteiger partial charge on any atom is -0.390 e. The van der Waals surface area contributed by atoms with E-state index in [1.807, 2.05) is 17.7 Å². The summed E-state index contributed by atoms with van der Waals surface area (Å²) < 4.78 is 2.00. The molecule has 1 aliphatic heterocycles. The molecule has 0 aliphatic carbocycles. The molecule has 0 spiro atoms. The molecule has 3 rings (SSSR count). The summed E-state index contributed by atoms with van der Waals surface area (Å²) in [5.74, 6) is 0.952. The number of nitrogens with zero attached hydrogens (tertiary/aromatic N) is 3. The summed E-state index contributed by atoms with van der Waals surface area (Å²) in [5.41, 5.74) is 2.84. The highest BCUT2D eigenvalue weighted by Gasteiger charge is 2.18. The third kappa shape index (κ3) is 2.92. The molecule has 0 fully saturated rings. The highest BCUT2D eigenvalue weighted by atomic mass is 16.3. The lowest BCUT2D eigenvalue weighted by Crippen LogP contribution is -2.38. The largest absolute Gasteiger partial charge is 0.390 e. The standard InChI is InChI=1S/C16H21N3O/c1-13-17-7-9-19(13)12-16(20)11-18-8-6-14-4-2-3-5-15(14)10-18/h2-5,7,9,16,20H,6,8,10-12H2,1H3. The zero-order valence-electron chi connectivity index (χ0n) is 11.9. The first-order valence-corrected chi connectivity index (χ1v) is 7.17. The maximum absolute atomic E-state index is 10.3. The van der Waals surface area contributed by atoms with Gasteiger partial charge in [-0.3, -0.25) is 4.90 Å². The van der Waals surface area contributed by atoms with Crippen LogP contribution < -0.4 is 0 Å². The smallest absolute Gasteiger partial charge is 0.105 e. The average Bonchev–Trinajstić information content (AvgIpc) is 2.84. The van der Waals surface area contributed by atoms with Gasteiger partial charge in [-0.2, -0.15) is 0 Å². The third-order valence-corrected chi connectivity index (χ3v) is 4.01. The lowest BCUT2D eigenvalue weighted by molar-refractivity contribution is 0.0913. The van der Waals surface area contributed by atoms with Gasteiger partial charge in [0.05, 0.1) is 12.6 Å². The Bertz CT molecular complexity index is 579. The van der Waals surface area contributed by atoms with Crippen LogP contribution in [0.15, 0.2) is 36.7 Å². The van der Waals surface area contributed by atoms with Crippen LogP contribution in [0.5, 0.6) is 0 Å². The van der Waals surface area contributed by atoms with Gasteiger partial charge >= 0.3 is 0 Å². The molecule has 2 aromatic rings. The number of imidazole rings is 1. The molecule has 1 aliphatic rings. The molecule has 1 unspecified atom stereocenters. The molecule has 1 aromatic heterocycles. The third-order valence-electron chi connectivity index (χ3n) is 4.01. The van der Waals surface area contributed by atoms with E-state index in [9.17, 15) is 5.11 Å². The number of aliphatic hydroxyl groups is 1. The number of aromatic nitrogens is 2. The van der Waals surface area contributed by atoms with Crippen molar-refractivity contribution in [3.05, 3.63) is 53.6 Å². The van der Waals surface area contributed by atoms with E-state index in [0.717, 1.165) is 25.3 Å². The number of fused-ring (bicyclic) bond motifs is 1. The van der Waals surface area contributed by atoms with Gasteiger partial charge in [0.2, 0.25) is 0 Å². The molecular weight excluding hydrogens is 250 g/mol. The Morgan fingerprint density at radius 2 is 2.05 bits per heavy atom. The Kier molecular flexibility index (Phi) is 3.85. The normalized spacial score (nSPS) is 16.9. The van der Waals surface area contributed by atoms with Gasteiger partial charge in [0.25, 0.3) is 0 Å². The second-order valence-electron chi connectivity index (χ2n) is 5.53. The summed E-state index contributed by atoms with van der Waals surface area (Å²) in [6, 6.07) is 8.59. The Morgan fingerprint density at radius 1 is 1.25 bits per heavy atom. The van der Waals surface area contributed by atoms with Gasteiger partial charge in [0, 0.05) is 32.0 Å². The summed E-state index contributed by atoms with van der Waals surface area (Å²) >= 11 is 0. The van der Waals surface area contributed by atoms with E-state index in [-0.39, 0.29) is 6.10 Å². The van der Waals surface area contributed by atoms with E-state index < -0.39 is 0 Å². The van der Waals surface area contributed by atoms with E-state index in [1.165, 1.54) is 11.1 Å². The predicted molar refractivity (Wildman–Crippen MR) is 78.4 cm³/mol. The molecule has 2 heterocycles. The van der Waals surface area contributed by atoms with Crippen molar-refractivity contribution in [2.75, 3.05) is 13.1 Å². The van der Waals surface area contributed by atoms with Gasteiger partial charge in [-0.25, -0.2) is 4.98 Å². The second kappa shape index (κ2) is 5.77. The number of benzene rings is 1. The van der Waals surface area contributed by atoms with Crippen LogP contribution in [0, 0.1) is 6.92 Å². The fraction of sp³-hybridized carbons (Fsp3) is 0.438. The molecule has 20 heavy (non-hydrogen) atoms. The summed E-state index contributed by atoms with van der Waals surface area (Å²) in [4.78, 5) is 6.52. The van der Waals surface area contributed by atoms with Gasteiger partial charge in [0.1, 0.15) is 5.82 Å². The zero-order chi connectivity index (χ0) is 13.9. The van der Waals surface area contributed by atoms with Gasteiger partial charge in [-0.1, -0.05) is 24.3 Å².